The van der Waals surface area contributed by atoms with Gasteiger partial charge < -0.3 is 24.1 Å². The van der Waals surface area contributed by atoms with Crippen LogP contribution in [0.15, 0.2) is 61.2 Å². The van der Waals surface area contributed by atoms with Crippen molar-refractivity contribution in [3.05, 3.63) is 83.3 Å². The highest BCUT2D eigenvalue weighted by Crippen LogP contribution is 2.40. The number of aromatic nitrogens is 8. The predicted molar refractivity (Wildman–Crippen MR) is 182 cm³/mol. The SMILES string of the molecule is Cn1c(Nc2cc(C(C)(C)C)n([C@H]3CCO[C@@H]3COCc3ccccc3)n2)nc2ncc(Oc3cnc4cnc(C5CC5)n4c3)c(Cl)c21. The van der Waals surface area contributed by atoms with E-state index in [1.54, 1.807) is 18.6 Å². The summed E-state index contributed by atoms with van der Waals surface area (Å²) in [4.78, 5) is 18.4. The Morgan fingerprint density at radius 3 is 2.67 bits per heavy atom. The van der Waals surface area contributed by atoms with Crippen LogP contribution in [0.3, 0.4) is 0 Å². The summed E-state index contributed by atoms with van der Waals surface area (Å²) in [5, 5.41) is 8.87. The van der Waals surface area contributed by atoms with Crippen LogP contribution >= 0.6 is 11.6 Å². The van der Waals surface area contributed by atoms with Crippen LogP contribution in [0.2, 0.25) is 5.02 Å². The molecular weight excluding hydrogens is 630 g/mol. The highest BCUT2D eigenvalue weighted by atomic mass is 35.5. The summed E-state index contributed by atoms with van der Waals surface area (Å²) < 4.78 is 24.4. The van der Waals surface area contributed by atoms with E-state index in [1.807, 2.05) is 40.4 Å². The summed E-state index contributed by atoms with van der Waals surface area (Å²) in [7, 11) is 1.89. The van der Waals surface area contributed by atoms with Crippen molar-refractivity contribution >= 4 is 40.2 Å². The van der Waals surface area contributed by atoms with Crippen LogP contribution in [0.1, 0.15) is 69.1 Å². The van der Waals surface area contributed by atoms with Gasteiger partial charge in [-0.2, -0.15) is 10.1 Å². The molecule has 6 heterocycles. The number of rotatable bonds is 10. The molecule has 0 bridgehead atoms. The summed E-state index contributed by atoms with van der Waals surface area (Å²) in [6.07, 6.45) is 9.98. The third-order valence-electron chi connectivity index (χ3n) is 8.99. The van der Waals surface area contributed by atoms with Crippen molar-refractivity contribution in [1.29, 1.82) is 0 Å². The van der Waals surface area contributed by atoms with Crippen LogP contribution < -0.4 is 10.1 Å². The number of nitrogens with one attached hydrogen (secondary N) is 1. The molecule has 48 heavy (non-hydrogen) atoms. The second kappa shape index (κ2) is 12.2. The summed E-state index contributed by atoms with van der Waals surface area (Å²) >= 11 is 6.94. The molecule has 0 unspecified atom stereocenters. The van der Waals surface area contributed by atoms with Gasteiger partial charge in [0.2, 0.25) is 5.95 Å². The Morgan fingerprint density at radius 1 is 1.04 bits per heavy atom. The summed E-state index contributed by atoms with van der Waals surface area (Å²) in [5.74, 6) is 3.68. The first-order valence-corrected chi connectivity index (χ1v) is 16.7. The second-order valence-electron chi connectivity index (χ2n) is 13.6. The van der Waals surface area contributed by atoms with Gasteiger partial charge in [0.1, 0.15) is 22.5 Å². The fourth-order valence-corrected chi connectivity index (χ4v) is 6.63. The molecule has 2 aliphatic rings. The Kier molecular flexibility index (Phi) is 7.81. The van der Waals surface area contributed by atoms with Gasteiger partial charge in [0.05, 0.1) is 44.0 Å². The normalized spacial score (nSPS) is 18.3. The van der Waals surface area contributed by atoms with Crippen LogP contribution in [-0.4, -0.2) is 58.0 Å². The summed E-state index contributed by atoms with van der Waals surface area (Å²) in [6.45, 7) is 8.25. The maximum Gasteiger partial charge on any atom is 0.210 e. The lowest BCUT2D eigenvalue weighted by atomic mass is 9.91. The number of hydrogen-bond acceptors (Lipinski definition) is 9. The molecule has 1 aliphatic carbocycles. The van der Waals surface area contributed by atoms with Gasteiger partial charge in [-0.1, -0.05) is 62.7 Å². The van der Waals surface area contributed by atoms with E-state index in [0.29, 0.717) is 65.2 Å². The van der Waals surface area contributed by atoms with Crippen LogP contribution in [0, 0.1) is 0 Å². The van der Waals surface area contributed by atoms with Crippen molar-refractivity contribution < 1.29 is 14.2 Å². The number of hydrogen-bond donors (Lipinski definition) is 1. The van der Waals surface area contributed by atoms with Gasteiger partial charge in [-0.05, 0) is 24.8 Å². The number of nitrogens with zero attached hydrogens (tertiary/aromatic N) is 8. The molecule has 1 N–H and O–H groups in total. The van der Waals surface area contributed by atoms with Crippen molar-refractivity contribution in [1.82, 2.24) is 38.7 Å². The Labute approximate surface area is 283 Å². The first-order valence-electron chi connectivity index (χ1n) is 16.3. The highest BCUT2D eigenvalue weighted by Gasteiger charge is 2.35. The number of halogens is 1. The average Bonchev–Trinajstić information content (AvgIpc) is 3.37. The zero-order valence-corrected chi connectivity index (χ0v) is 28.2. The van der Waals surface area contributed by atoms with Crippen LogP contribution in [0.25, 0.3) is 16.8 Å². The minimum atomic E-state index is -0.164. The van der Waals surface area contributed by atoms with Gasteiger partial charge in [-0.3, -0.25) is 9.08 Å². The molecule has 6 aromatic rings. The Morgan fingerprint density at radius 2 is 1.88 bits per heavy atom. The molecular formula is C35H38ClN9O3. The number of aryl methyl sites for hydroxylation is 1. The lowest BCUT2D eigenvalue weighted by molar-refractivity contribution is -0.00444. The van der Waals surface area contributed by atoms with E-state index in [-0.39, 0.29) is 17.6 Å². The van der Waals surface area contributed by atoms with Crippen LogP contribution in [-0.2, 0) is 28.5 Å². The van der Waals surface area contributed by atoms with Crippen molar-refractivity contribution in [2.24, 2.45) is 7.05 Å². The van der Waals surface area contributed by atoms with Crippen LogP contribution in [0.5, 0.6) is 11.5 Å². The van der Waals surface area contributed by atoms with E-state index in [4.69, 9.17) is 35.9 Å². The predicted octanol–water partition coefficient (Wildman–Crippen LogP) is 7.12. The first-order chi connectivity index (χ1) is 23.2. The van der Waals surface area contributed by atoms with E-state index in [1.165, 1.54) is 0 Å². The standard InChI is InChI=1S/C35H38ClN9O3/c1-35(2,3)27-14-28(42-45(27)24-12-13-47-26(24)20-46-19-21-8-6-5-7-9-21)40-34-41-32-31(43(34)4)30(36)25(16-38-32)48-23-15-37-29-17-39-33(22-10-11-22)44(29)18-23/h5-9,14-18,22,24,26H,10-13,19-20H2,1-4H3,(H,38,40,41,42)/t24-,26+/m0/s1. The lowest BCUT2D eigenvalue weighted by Gasteiger charge is -2.26. The molecule has 5 aromatic heterocycles. The molecule has 1 aromatic carbocycles. The van der Waals surface area contributed by atoms with Crippen molar-refractivity contribution in [3.8, 4) is 11.5 Å². The van der Waals surface area contributed by atoms with Gasteiger partial charge in [0, 0.05) is 36.7 Å². The third kappa shape index (κ3) is 5.88. The van der Waals surface area contributed by atoms with Gasteiger partial charge in [0.25, 0.3) is 0 Å². The molecule has 1 aliphatic heterocycles. The maximum absolute atomic E-state index is 6.94. The molecule has 1 saturated carbocycles. The third-order valence-corrected chi connectivity index (χ3v) is 9.35. The van der Waals surface area contributed by atoms with Crippen LogP contribution in [0.4, 0.5) is 11.8 Å². The molecule has 1 saturated heterocycles. The van der Waals surface area contributed by atoms with Crippen molar-refractivity contribution in [2.45, 2.75) is 70.1 Å². The van der Waals surface area contributed by atoms with Crippen molar-refractivity contribution in [2.75, 3.05) is 18.5 Å². The van der Waals surface area contributed by atoms with Gasteiger partial charge in [-0.25, -0.2) is 15.0 Å². The zero-order valence-electron chi connectivity index (χ0n) is 27.4. The molecule has 0 amide bonds. The molecule has 13 heteroatoms. The molecule has 8 rings (SSSR count). The number of ether oxygens (including phenoxy) is 3. The monoisotopic (exact) mass is 667 g/mol. The van der Waals surface area contributed by atoms with E-state index in [9.17, 15) is 0 Å². The Hall–Kier alpha value is -4.52. The fourth-order valence-electron chi connectivity index (χ4n) is 6.33. The number of fused-ring (bicyclic) bond motifs is 2. The maximum atomic E-state index is 6.94. The van der Waals surface area contributed by atoms with E-state index in [2.05, 4.69) is 63.9 Å². The summed E-state index contributed by atoms with van der Waals surface area (Å²) in [6, 6.07) is 12.3. The van der Waals surface area contributed by atoms with E-state index >= 15 is 0 Å². The molecule has 12 nitrogen and oxygen atoms in total. The minimum absolute atomic E-state index is 0.0400. The van der Waals surface area contributed by atoms with E-state index < -0.39 is 0 Å². The quantitative estimate of drug-likeness (QED) is 0.163. The first kappa shape index (κ1) is 30.8. The molecule has 0 spiro atoms. The topological polar surface area (TPSA) is 118 Å². The lowest BCUT2D eigenvalue weighted by Crippen LogP contribution is -2.30. The average molecular weight is 668 g/mol. The number of benzene rings is 1. The number of anilines is 2. The van der Waals surface area contributed by atoms with Gasteiger partial charge in [0.15, 0.2) is 28.6 Å². The molecule has 2 fully saturated rings. The number of pyridine rings is 1. The molecule has 248 valence electrons. The second-order valence-corrected chi connectivity index (χ2v) is 14.0. The summed E-state index contributed by atoms with van der Waals surface area (Å²) in [5.41, 5.74) is 3.99. The van der Waals surface area contributed by atoms with Gasteiger partial charge in [-0.15, -0.1) is 0 Å². The fraction of sp³-hybridized carbons (Fsp3) is 0.400. The molecule has 0 radical (unpaired) electrons. The largest absolute Gasteiger partial charge is 0.451 e. The van der Waals surface area contributed by atoms with Gasteiger partial charge >= 0.3 is 0 Å². The Balaban J connectivity index is 1.03. The minimum Gasteiger partial charge on any atom is -0.451 e. The smallest absolute Gasteiger partial charge is 0.210 e. The van der Waals surface area contributed by atoms with E-state index in [0.717, 1.165) is 42.0 Å². The van der Waals surface area contributed by atoms with Crippen molar-refractivity contribution in [3.63, 3.8) is 0 Å². The molecule has 2 atom stereocenters. The highest BCUT2D eigenvalue weighted by molar-refractivity contribution is 6.36. The zero-order chi connectivity index (χ0) is 33.0. The number of imidazole rings is 2. The Bertz CT molecular complexity index is 2100.